The summed E-state index contributed by atoms with van der Waals surface area (Å²) in [4.78, 5) is 0. The summed E-state index contributed by atoms with van der Waals surface area (Å²) in [5.41, 5.74) is 8.28. The Morgan fingerprint density at radius 2 is 2.06 bits per heavy atom. The predicted octanol–water partition coefficient (Wildman–Crippen LogP) is 2.32. The van der Waals surface area contributed by atoms with Crippen LogP contribution in [0.4, 0.5) is 0 Å². The van der Waals surface area contributed by atoms with Crippen LogP contribution in [-0.4, -0.2) is 21.0 Å². The minimum absolute atomic E-state index is 0.0343. The summed E-state index contributed by atoms with van der Waals surface area (Å²) in [6.07, 6.45) is 0.978. The van der Waals surface area contributed by atoms with Crippen molar-refractivity contribution in [2.75, 3.05) is 0 Å². The van der Waals surface area contributed by atoms with Crippen molar-refractivity contribution in [2.45, 2.75) is 58.3 Å². The van der Waals surface area contributed by atoms with E-state index in [1.807, 2.05) is 18.7 Å². The van der Waals surface area contributed by atoms with E-state index in [-0.39, 0.29) is 17.2 Å². The zero-order chi connectivity index (χ0) is 13.7. The van der Waals surface area contributed by atoms with Crippen molar-refractivity contribution in [1.82, 2.24) is 9.78 Å². The highest BCUT2D eigenvalue weighted by Gasteiger charge is 2.48. The van der Waals surface area contributed by atoms with Crippen molar-refractivity contribution >= 4 is 0 Å². The summed E-state index contributed by atoms with van der Waals surface area (Å²) in [5.74, 6) is 0.308. The molecule has 2 heterocycles. The molecule has 0 bridgehead atoms. The molecule has 2 N–H and O–H groups in total. The first kappa shape index (κ1) is 13.6. The quantitative estimate of drug-likeness (QED) is 0.877. The van der Waals surface area contributed by atoms with Gasteiger partial charge < -0.3 is 10.5 Å². The van der Waals surface area contributed by atoms with Gasteiger partial charge >= 0.3 is 0 Å². The molecular formula is C14H25N3O. The highest BCUT2D eigenvalue weighted by Crippen LogP contribution is 2.46. The van der Waals surface area contributed by atoms with Crippen LogP contribution in [0.5, 0.6) is 0 Å². The molecule has 102 valence electrons. The zero-order valence-electron chi connectivity index (χ0n) is 12.3. The molecule has 0 amide bonds. The number of rotatable bonds is 2. The lowest BCUT2D eigenvalue weighted by Crippen LogP contribution is -2.36. The van der Waals surface area contributed by atoms with Crippen LogP contribution >= 0.6 is 0 Å². The van der Waals surface area contributed by atoms with Crippen molar-refractivity contribution in [3.8, 4) is 0 Å². The maximum Gasteiger partial charge on any atom is 0.0681 e. The Kier molecular flexibility index (Phi) is 3.06. The smallest absolute Gasteiger partial charge is 0.0681 e. The summed E-state index contributed by atoms with van der Waals surface area (Å²) in [6.45, 7) is 10.5. The molecule has 2 unspecified atom stereocenters. The van der Waals surface area contributed by atoms with E-state index in [0.29, 0.717) is 5.92 Å². The Morgan fingerprint density at radius 3 is 2.44 bits per heavy atom. The van der Waals surface area contributed by atoms with Crippen LogP contribution < -0.4 is 5.73 Å². The summed E-state index contributed by atoms with van der Waals surface area (Å²) < 4.78 is 8.02. The SMILES string of the molecule is Cc1cc(C(N)C2CC(C)(C)OC2(C)C)n(C)n1. The third kappa shape index (κ3) is 2.31. The second kappa shape index (κ2) is 4.07. The van der Waals surface area contributed by atoms with Crippen molar-refractivity contribution in [2.24, 2.45) is 18.7 Å². The fraction of sp³-hybridized carbons (Fsp3) is 0.786. The van der Waals surface area contributed by atoms with E-state index < -0.39 is 0 Å². The number of ether oxygens (including phenoxy) is 1. The number of aromatic nitrogens is 2. The lowest BCUT2D eigenvalue weighted by Gasteiger charge is -2.31. The van der Waals surface area contributed by atoms with Gasteiger partial charge in [0.15, 0.2) is 0 Å². The maximum atomic E-state index is 6.47. The Bertz CT molecular complexity index is 448. The maximum absolute atomic E-state index is 6.47. The van der Waals surface area contributed by atoms with Gasteiger partial charge in [0.1, 0.15) is 0 Å². The zero-order valence-corrected chi connectivity index (χ0v) is 12.3. The summed E-state index contributed by atoms with van der Waals surface area (Å²) >= 11 is 0. The molecule has 0 aliphatic carbocycles. The molecular weight excluding hydrogens is 226 g/mol. The molecule has 1 saturated heterocycles. The average molecular weight is 251 g/mol. The minimum Gasteiger partial charge on any atom is -0.369 e. The Balaban J connectivity index is 2.29. The van der Waals surface area contributed by atoms with Gasteiger partial charge in [0.05, 0.1) is 28.6 Å². The number of nitrogens with two attached hydrogens (primary N) is 1. The lowest BCUT2D eigenvalue weighted by atomic mass is 9.81. The molecule has 0 spiro atoms. The Labute approximate surface area is 110 Å². The highest BCUT2D eigenvalue weighted by molar-refractivity contribution is 5.16. The molecule has 1 aliphatic rings. The van der Waals surface area contributed by atoms with Gasteiger partial charge in [-0.2, -0.15) is 5.10 Å². The molecule has 4 nitrogen and oxygen atoms in total. The van der Waals surface area contributed by atoms with E-state index in [1.165, 1.54) is 0 Å². The van der Waals surface area contributed by atoms with Gasteiger partial charge in [-0.1, -0.05) is 0 Å². The van der Waals surface area contributed by atoms with Crippen LogP contribution in [0.2, 0.25) is 0 Å². The fourth-order valence-electron chi connectivity index (χ4n) is 3.31. The number of hydrogen-bond acceptors (Lipinski definition) is 3. The molecule has 1 fully saturated rings. The number of aryl methyl sites for hydroxylation is 2. The third-order valence-electron chi connectivity index (χ3n) is 3.96. The number of nitrogens with zero attached hydrogens (tertiary/aromatic N) is 2. The minimum atomic E-state index is -0.193. The highest BCUT2D eigenvalue weighted by atomic mass is 16.5. The van der Waals surface area contributed by atoms with E-state index in [9.17, 15) is 0 Å². The molecule has 2 rings (SSSR count). The molecule has 0 saturated carbocycles. The Hall–Kier alpha value is -0.870. The second-order valence-corrected chi connectivity index (χ2v) is 6.64. The first-order valence-electron chi connectivity index (χ1n) is 6.59. The van der Waals surface area contributed by atoms with Crippen LogP contribution in [0.25, 0.3) is 0 Å². The summed E-state index contributed by atoms with van der Waals surface area (Å²) in [7, 11) is 1.95. The largest absolute Gasteiger partial charge is 0.369 e. The molecule has 1 aromatic rings. The van der Waals surface area contributed by atoms with Crippen molar-refractivity contribution < 1.29 is 4.74 Å². The summed E-state index contributed by atoms with van der Waals surface area (Å²) in [5, 5.41) is 4.38. The molecule has 2 atom stereocenters. The number of hydrogen-bond donors (Lipinski definition) is 1. The predicted molar refractivity (Wildman–Crippen MR) is 72.2 cm³/mol. The molecule has 1 aliphatic heterocycles. The average Bonchev–Trinajstić information content (AvgIpc) is 2.61. The van der Waals surface area contributed by atoms with E-state index in [2.05, 4.69) is 38.9 Å². The lowest BCUT2D eigenvalue weighted by molar-refractivity contribution is -0.0769. The van der Waals surface area contributed by atoms with Gasteiger partial charge in [0.2, 0.25) is 0 Å². The molecule has 0 aromatic carbocycles. The van der Waals surface area contributed by atoms with Gasteiger partial charge in [-0.3, -0.25) is 4.68 Å². The van der Waals surface area contributed by atoms with Gasteiger partial charge in [-0.25, -0.2) is 0 Å². The van der Waals surface area contributed by atoms with Crippen molar-refractivity contribution in [3.63, 3.8) is 0 Å². The van der Waals surface area contributed by atoms with Gasteiger partial charge in [-0.15, -0.1) is 0 Å². The topological polar surface area (TPSA) is 53.1 Å². The Morgan fingerprint density at radius 1 is 1.44 bits per heavy atom. The van der Waals surface area contributed by atoms with E-state index in [4.69, 9.17) is 10.5 Å². The normalized spacial score (nSPS) is 27.4. The summed E-state index contributed by atoms with van der Waals surface area (Å²) in [6, 6.07) is 2.04. The van der Waals surface area contributed by atoms with Crippen LogP contribution in [-0.2, 0) is 11.8 Å². The van der Waals surface area contributed by atoms with Crippen molar-refractivity contribution in [3.05, 3.63) is 17.5 Å². The third-order valence-corrected chi connectivity index (χ3v) is 3.96. The first-order chi connectivity index (χ1) is 8.12. The van der Waals surface area contributed by atoms with Crippen LogP contribution in [0.3, 0.4) is 0 Å². The van der Waals surface area contributed by atoms with Crippen LogP contribution in [0.15, 0.2) is 6.07 Å². The monoisotopic (exact) mass is 251 g/mol. The molecule has 4 heteroatoms. The van der Waals surface area contributed by atoms with Gasteiger partial charge in [-0.05, 0) is 47.1 Å². The molecule has 18 heavy (non-hydrogen) atoms. The van der Waals surface area contributed by atoms with E-state index in [0.717, 1.165) is 17.8 Å². The van der Waals surface area contributed by atoms with E-state index >= 15 is 0 Å². The fourth-order valence-corrected chi connectivity index (χ4v) is 3.31. The molecule has 0 radical (unpaired) electrons. The molecule has 1 aromatic heterocycles. The van der Waals surface area contributed by atoms with E-state index in [1.54, 1.807) is 0 Å². The van der Waals surface area contributed by atoms with Gasteiger partial charge in [0.25, 0.3) is 0 Å². The van der Waals surface area contributed by atoms with Gasteiger partial charge in [0, 0.05) is 13.0 Å². The first-order valence-corrected chi connectivity index (χ1v) is 6.59. The van der Waals surface area contributed by atoms with Crippen LogP contribution in [0, 0.1) is 12.8 Å². The standard InChI is InChI=1S/C14H25N3O/c1-9-7-11(17(6)16-9)12(15)10-8-13(2,3)18-14(10,4)5/h7,10,12H,8,15H2,1-6H3. The second-order valence-electron chi connectivity index (χ2n) is 6.64. The van der Waals surface area contributed by atoms with Crippen LogP contribution in [0.1, 0.15) is 51.5 Å². The van der Waals surface area contributed by atoms with Crippen molar-refractivity contribution in [1.29, 1.82) is 0 Å².